The van der Waals surface area contributed by atoms with E-state index in [1.54, 1.807) is 31.2 Å². The van der Waals surface area contributed by atoms with E-state index in [-0.39, 0.29) is 17.3 Å². The number of piperidine rings is 1. The van der Waals surface area contributed by atoms with E-state index in [4.69, 9.17) is 4.74 Å². The predicted octanol–water partition coefficient (Wildman–Crippen LogP) is 2.40. The Balaban J connectivity index is 1.77. The van der Waals surface area contributed by atoms with Gasteiger partial charge in [0.05, 0.1) is 11.5 Å². The van der Waals surface area contributed by atoms with Crippen LogP contribution in [0.5, 0.6) is 0 Å². The Hall–Kier alpha value is -1.93. The molecule has 1 N–H and O–H groups in total. The van der Waals surface area contributed by atoms with Crippen LogP contribution < -0.4 is 9.62 Å². The highest BCUT2D eigenvalue weighted by Crippen LogP contribution is 2.31. The van der Waals surface area contributed by atoms with Crippen molar-refractivity contribution < 1.29 is 22.7 Å². The number of anilines is 1. The summed E-state index contributed by atoms with van der Waals surface area (Å²) in [5.74, 6) is -0.232. The van der Waals surface area contributed by atoms with Gasteiger partial charge >= 0.3 is 5.97 Å². The number of nitrogens with one attached hydrogen (secondary N) is 1. The molecule has 154 valence electrons. The second-order valence-corrected chi connectivity index (χ2v) is 9.17. The minimum absolute atomic E-state index is 0.124. The fourth-order valence-corrected chi connectivity index (χ4v) is 5.35. The van der Waals surface area contributed by atoms with Crippen molar-refractivity contribution in [1.29, 1.82) is 0 Å². The molecule has 0 unspecified atom stereocenters. The van der Waals surface area contributed by atoms with Gasteiger partial charge in [-0.05, 0) is 44.0 Å². The summed E-state index contributed by atoms with van der Waals surface area (Å²) < 4.78 is 33.8. The van der Waals surface area contributed by atoms with Gasteiger partial charge in [0.2, 0.25) is 10.0 Å². The van der Waals surface area contributed by atoms with E-state index in [2.05, 4.69) is 9.62 Å². The average molecular weight is 409 g/mol. The lowest BCUT2D eigenvalue weighted by Crippen LogP contribution is -2.56. The van der Waals surface area contributed by atoms with Crippen LogP contribution in [0.15, 0.2) is 29.2 Å². The number of sulfonamides is 1. The smallest absolute Gasteiger partial charge is 0.327 e. The standard InChI is InChI=1S/C20H28N2O5S/c1-2-27-19(24)20(12-4-3-5-13-20)21-28(25,26)18-8-6-16(7-9-18)22-14-10-17(23)11-15-22/h6-9,21H,2-5,10-15H2,1H3. The normalized spacial score (nSPS) is 20.0. The average Bonchev–Trinajstić information content (AvgIpc) is 2.69. The van der Waals surface area contributed by atoms with Gasteiger partial charge in [-0.1, -0.05) is 19.3 Å². The van der Waals surface area contributed by atoms with E-state index in [0.29, 0.717) is 38.8 Å². The lowest BCUT2D eigenvalue weighted by atomic mass is 9.82. The van der Waals surface area contributed by atoms with Gasteiger partial charge in [0.1, 0.15) is 11.3 Å². The molecule has 0 radical (unpaired) electrons. The molecule has 3 rings (SSSR count). The number of nitrogens with zero attached hydrogens (tertiary/aromatic N) is 1. The SMILES string of the molecule is CCOC(=O)C1(NS(=O)(=O)c2ccc(N3CCC(=O)CC3)cc2)CCCCC1. The molecule has 8 heteroatoms. The molecule has 1 saturated carbocycles. The van der Waals surface area contributed by atoms with Gasteiger partial charge in [-0.2, -0.15) is 4.72 Å². The van der Waals surface area contributed by atoms with Gasteiger partial charge < -0.3 is 9.64 Å². The summed E-state index contributed by atoms with van der Waals surface area (Å²) in [6, 6.07) is 6.61. The van der Waals surface area contributed by atoms with Crippen LogP contribution in [0.1, 0.15) is 51.9 Å². The first kappa shape index (κ1) is 20.8. The number of hydrogen-bond donors (Lipinski definition) is 1. The number of ether oxygens (including phenoxy) is 1. The Morgan fingerprint density at radius 3 is 2.29 bits per heavy atom. The summed E-state index contributed by atoms with van der Waals surface area (Å²) in [7, 11) is -3.86. The third kappa shape index (κ3) is 4.55. The van der Waals surface area contributed by atoms with Crippen LogP contribution in [0, 0.1) is 0 Å². The lowest BCUT2D eigenvalue weighted by molar-refractivity contribution is -0.151. The Morgan fingerprint density at radius 2 is 1.71 bits per heavy atom. The lowest BCUT2D eigenvalue weighted by Gasteiger charge is -2.35. The van der Waals surface area contributed by atoms with Crippen LogP contribution in [-0.2, 0) is 24.3 Å². The number of carbonyl (C=O) groups is 2. The Bertz CT molecular complexity index is 804. The summed E-state index contributed by atoms with van der Waals surface area (Å²) in [4.78, 5) is 26.1. The highest BCUT2D eigenvalue weighted by Gasteiger charge is 2.44. The minimum atomic E-state index is -3.86. The maximum atomic E-state index is 13.0. The van der Waals surface area contributed by atoms with Gasteiger partial charge in [-0.15, -0.1) is 0 Å². The fourth-order valence-electron chi connectivity index (χ4n) is 3.94. The van der Waals surface area contributed by atoms with Crippen molar-refractivity contribution in [3.8, 4) is 0 Å². The molecule has 0 aromatic heterocycles. The second kappa shape index (κ2) is 8.61. The van der Waals surface area contributed by atoms with E-state index >= 15 is 0 Å². The fraction of sp³-hybridized carbons (Fsp3) is 0.600. The molecule has 1 aliphatic carbocycles. The Kier molecular flexibility index (Phi) is 6.40. The first-order valence-electron chi connectivity index (χ1n) is 9.94. The van der Waals surface area contributed by atoms with E-state index < -0.39 is 21.5 Å². The second-order valence-electron chi connectivity index (χ2n) is 7.49. The summed E-state index contributed by atoms with van der Waals surface area (Å²) >= 11 is 0. The number of Topliss-reactive ketones (excluding diaryl/α,β-unsaturated/α-hetero) is 1. The van der Waals surface area contributed by atoms with Crippen LogP contribution in [0.3, 0.4) is 0 Å². The van der Waals surface area contributed by atoms with E-state index in [0.717, 1.165) is 24.9 Å². The molecule has 2 fully saturated rings. The van der Waals surface area contributed by atoms with Crippen molar-refractivity contribution in [3.63, 3.8) is 0 Å². The van der Waals surface area contributed by atoms with Gasteiger partial charge in [-0.25, -0.2) is 8.42 Å². The van der Waals surface area contributed by atoms with Crippen molar-refractivity contribution in [2.75, 3.05) is 24.6 Å². The largest absolute Gasteiger partial charge is 0.465 e. The third-order valence-electron chi connectivity index (χ3n) is 5.54. The van der Waals surface area contributed by atoms with Crippen LogP contribution in [0.25, 0.3) is 0 Å². The highest BCUT2D eigenvalue weighted by atomic mass is 32.2. The molecule has 1 heterocycles. The number of esters is 1. The molecule has 0 spiro atoms. The zero-order chi connectivity index (χ0) is 20.2. The summed E-state index contributed by atoms with van der Waals surface area (Å²) in [5, 5.41) is 0. The minimum Gasteiger partial charge on any atom is -0.465 e. The predicted molar refractivity (Wildman–Crippen MR) is 106 cm³/mol. The maximum absolute atomic E-state index is 13.0. The molecule has 1 saturated heterocycles. The molecule has 1 aliphatic heterocycles. The van der Waals surface area contributed by atoms with E-state index in [1.807, 2.05) is 0 Å². The van der Waals surface area contributed by atoms with Crippen molar-refractivity contribution in [2.45, 2.75) is 62.3 Å². The Labute approximate surface area is 166 Å². The van der Waals surface area contributed by atoms with Crippen molar-refractivity contribution in [2.24, 2.45) is 0 Å². The highest BCUT2D eigenvalue weighted by molar-refractivity contribution is 7.89. The van der Waals surface area contributed by atoms with Crippen molar-refractivity contribution in [1.82, 2.24) is 4.72 Å². The molecule has 0 bridgehead atoms. The number of carbonyl (C=O) groups excluding carboxylic acids is 2. The van der Waals surface area contributed by atoms with Gasteiger partial charge in [-0.3, -0.25) is 9.59 Å². The number of ketones is 1. The summed E-state index contributed by atoms with van der Waals surface area (Å²) in [6.45, 7) is 3.23. The first-order valence-corrected chi connectivity index (χ1v) is 11.4. The molecule has 0 amide bonds. The topological polar surface area (TPSA) is 92.8 Å². The number of rotatable bonds is 6. The Morgan fingerprint density at radius 1 is 1.11 bits per heavy atom. The van der Waals surface area contributed by atoms with E-state index in [9.17, 15) is 18.0 Å². The molecular weight excluding hydrogens is 380 g/mol. The molecule has 2 aliphatic rings. The van der Waals surface area contributed by atoms with Crippen molar-refractivity contribution in [3.05, 3.63) is 24.3 Å². The van der Waals surface area contributed by atoms with Crippen LogP contribution in [-0.4, -0.2) is 45.4 Å². The van der Waals surface area contributed by atoms with E-state index in [1.165, 1.54) is 0 Å². The monoisotopic (exact) mass is 408 g/mol. The zero-order valence-electron chi connectivity index (χ0n) is 16.3. The summed E-state index contributed by atoms with van der Waals surface area (Å²) in [6.07, 6.45) is 4.49. The maximum Gasteiger partial charge on any atom is 0.327 e. The first-order chi connectivity index (χ1) is 13.4. The third-order valence-corrected chi connectivity index (χ3v) is 7.09. The molecule has 1 aromatic carbocycles. The molecule has 1 aromatic rings. The van der Waals surface area contributed by atoms with Gasteiger partial charge in [0.25, 0.3) is 0 Å². The molecule has 0 atom stereocenters. The van der Waals surface area contributed by atoms with Crippen LogP contribution in [0.4, 0.5) is 5.69 Å². The molecule has 28 heavy (non-hydrogen) atoms. The summed E-state index contributed by atoms with van der Waals surface area (Å²) in [5.41, 5.74) is -0.289. The van der Waals surface area contributed by atoms with Gasteiger partial charge in [0, 0.05) is 31.6 Å². The number of benzene rings is 1. The van der Waals surface area contributed by atoms with Crippen molar-refractivity contribution >= 4 is 27.5 Å². The van der Waals surface area contributed by atoms with Crippen LogP contribution in [0.2, 0.25) is 0 Å². The molecule has 7 nitrogen and oxygen atoms in total. The quantitative estimate of drug-likeness (QED) is 0.727. The van der Waals surface area contributed by atoms with Crippen LogP contribution >= 0.6 is 0 Å². The van der Waals surface area contributed by atoms with Gasteiger partial charge in [0.15, 0.2) is 0 Å². The molecular formula is C20H28N2O5S. The zero-order valence-corrected chi connectivity index (χ0v) is 17.1. The number of hydrogen-bond acceptors (Lipinski definition) is 6.